The van der Waals surface area contributed by atoms with Gasteiger partial charge in [-0.1, -0.05) is 41.6 Å². The van der Waals surface area contributed by atoms with E-state index >= 15 is 0 Å². The van der Waals surface area contributed by atoms with E-state index in [2.05, 4.69) is 28.5 Å². The van der Waals surface area contributed by atoms with Crippen LogP contribution >= 0.6 is 11.8 Å². The number of benzene rings is 1. The average molecular weight is 477 g/mol. The predicted molar refractivity (Wildman–Crippen MR) is 134 cm³/mol. The number of aryl methyl sites for hydroxylation is 2. The van der Waals surface area contributed by atoms with Gasteiger partial charge in [-0.05, 0) is 56.4 Å². The number of carbonyl (C=O) groups is 2. The van der Waals surface area contributed by atoms with Gasteiger partial charge in [0, 0.05) is 11.9 Å². The Morgan fingerprint density at radius 1 is 1.18 bits per heavy atom. The van der Waals surface area contributed by atoms with E-state index in [1.54, 1.807) is 13.1 Å². The van der Waals surface area contributed by atoms with E-state index in [1.165, 1.54) is 11.8 Å². The number of aliphatic imine (C=N–C) groups is 1. The Morgan fingerprint density at radius 3 is 2.74 bits per heavy atom. The molecule has 0 saturated heterocycles. The molecule has 0 unspecified atom stereocenters. The zero-order valence-corrected chi connectivity index (χ0v) is 20.6. The van der Waals surface area contributed by atoms with Crippen LogP contribution in [0.15, 0.2) is 70.0 Å². The number of esters is 1. The minimum absolute atomic E-state index is 0.123. The van der Waals surface area contributed by atoms with Crippen molar-refractivity contribution in [3.63, 3.8) is 0 Å². The number of ether oxygens (including phenoxy) is 1. The van der Waals surface area contributed by atoms with Gasteiger partial charge in [0.2, 0.25) is 5.91 Å². The molecule has 7 nitrogen and oxygen atoms in total. The van der Waals surface area contributed by atoms with Crippen molar-refractivity contribution in [1.29, 1.82) is 0 Å². The van der Waals surface area contributed by atoms with Crippen molar-refractivity contribution in [3.8, 4) is 0 Å². The first-order valence-electron chi connectivity index (χ1n) is 11.2. The number of hydrogen-bond donors (Lipinski definition) is 1. The number of allylic oxidation sites excluding steroid dienone is 1. The lowest BCUT2D eigenvalue weighted by atomic mass is 9.90. The highest BCUT2D eigenvalue weighted by Crippen LogP contribution is 2.45. The lowest BCUT2D eigenvalue weighted by molar-refractivity contribution is -0.139. The first kappa shape index (κ1) is 23.8. The maximum atomic E-state index is 13.1. The molecule has 0 radical (unpaired) electrons. The molecular formula is C26H28N4O3S. The van der Waals surface area contributed by atoms with Gasteiger partial charge in [0.15, 0.2) is 5.17 Å². The van der Waals surface area contributed by atoms with Crippen molar-refractivity contribution in [2.75, 3.05) is 6.61 Å². The number of pyridine rings is 1. The van der Waals surface area contributed by atoms with Gasteiger partial charge in [-0.15, -0.1) is 0 Å². The fraction of sp³-hybridized carbons (Fsp3) is 0.308. The molecule has 0 saturated carbocycles. The van der Waals surface area contributed by atoms with Gasteiger partial charge in [-0.2, -0.15) is 0 Å². The molecule has 2 aromatic rings. The maximum absolute atomic E-state index is 13.1. The van der Waals surface area contributed by atoms with Crippen molar-refractivity contribution in [1.82, 2.24) is 15.2 Å². The first-order chi connectivity index (χ1) is 16.4. The molecule has 1 atom stereocenters. The quantitative estimate of drug-likeness (QED) is 0.591. The number of aromatic nitrogens is 1. The zero-order chi connectivity index (χ0) is 24.2. The monoisotopic (exact) mass is 476 g/mol. The average Bonchev–Trinajstić information content (AvgIpc) is 3.21. The molecule has 3 heterocycles. The summed E-state index contributed by atoms with van der Waals surface area (Å²) in [6.07, 6.45) is 1.86. The number of amidine groups is 1. The molecule has 0 fully saturated rings. The van der Waals surface area contributed by atoms with Crippen molar-refractivity contribution >= 4 is 28.8 Å². The van der Waals surface area contributed by atoms with Crippen molar-refractivity contribution in [3.05, 3.63) is 87.4 Å². The van der Waals surface area contributed by atoms with Crippen LogP contribution in [0.25, 0.3) is 0 Å². The number of thioether (sulfide) groups is 1. The molecule has 2 aliphatic rings. The maximum Gasteiger partial charge on any atom is 0.338 e. The number of nitrogens with one attached hydrogen (secondary N) is 1. The summed E-state index contributed by atoms with van der Waals surface area (Å²) in [6, 6.07) is 11.4. The van der Waals surface area contributed by atoms with Crippen LogP contribution in [0.1, 0.15) is 48.7 Å². The topological polar surface area (TPSA) is 83.9 Å². The second kappa shape index (κ2) is 10.3. The van der Waals surface area contributed by atoms with Gasteiger partial charge in [0.1, 0.15) is 0 Å². The second-order valence-corrected chi connectivity index (χ2v) is 9.08. The van der Waals surface area contributed by atoms with Crippen LogP contribution in [0.2, 0.25) is 0 Å². The Labute approximate surface area is 204 Å². The van der Waals surface area contributed by atoms with Gasteiger partial charge in [0.25, 0.3) is 0 Å². The Morgan fingerprint density at radius 2 is 2.00 bits per heavy atom. The minimum Gasteiger partial charge on any atom is -0.463 e. The number of fused-ring (bicyclic) bond motifs is 1. The third-order valence-corrected chi connectivity index (χ3v) is 6.65. The third-order valence-electron chi connectivity index (χ3n) is 5.76. The highest BCUT2D eigenvalue weighted by atomic mass is 32.2. The van der Waals surface area contributed by atoms with Crippen LogP contribution in [0.3, 0.4) is 0 Å². The van der Waals surface area contributed by atoms with Gasteiger partial charge in [0.05, 0.1) is 42.6 Å². The van der Waals surface area contributed by atoms with Crippen LogP contribution in [-0.4, -0.2) is 33.5 Å². The fourth-order valence-corrected chi connectivity index (χ4v) is 5.07. The molecule has 1 aromatic carbocycles. The van der Waals surface area contributed by atoms with Crippen molar-refractivity contribution < 1.29 is 14.3 Å². The summed E-state index contributed by atoms with van der Waals surface area (Å²) in [5, 5.41) is 5.63. The molecule has 0 bridgehead atoms. The van der Waals surface area contributed by atoms with Gasteiger partial charge in [-0.25, -0.2) is 9.79 Å². The highest BCUT2D eigenvalue weighted by molar-refractivity contribution is 8.16. The van der Waals surface area contributed by atoms with Gasteiger partial charge in [-0.3, -0.25) is 9.78 Å². The third kappa shape index (κ3) is 4.92. The summed E-state index contributed by atoms with van der Waals surface area (Å²) in [6.45, 7) is 8.33. The van der Waals surface area contributed by atoms with E-state index in [-0.39, 0.29) is 24.9 Å². The second-order valence-electron chi connectivity index (χ2n) is 8.25. The minimum atomic E-state index is -0.420. The first-order valence-corrected chi connectivity index (χ1v) is 12.1. The molecule has 1 N–H and O–H groups in total. The Kier molecular flexibility index (Phi) is 7.17. The Hall–Kier alpha value is -3.39. The van der Waals surface area contributed by atoms with Gasteiger partial charge < -0.3 is 15.0 Å². The van der Waals surface area contributed by atoms with Crippen molar-refractivity contribution in [2.24, 2.45) is 4.99 Å². The normalized spacial score (nSPS) is 17.2. The standard InChI is InChI=1S/C26H28N4O3S/c1-5-33-25(32)23-18(4)29-26-30(24(23)21-12-16(2)9-10-17(21)3)20(15-34-26)13-22(31)28-14-19-8-6-7-11-27-19/h6-12,15,24H,5,13-14H2,1-4H3,(H,28,31)/t24-/m1/s1. The highest BCUT2D eigenvalue weighted by Gasteiger charge is 2.41. The molecule has 1 aromatic heterocycles. The van der Waals surface area contributed by atoms with E-state index in [0.717, 1.165) is 33.2 Å². The zero-order valence-electron chi connectivity index (χ0n) is 19.8. The molecule has 0 spiro atoms. The van der Waals surface area contributed by atoms with Crippen molar-refractivity contribution in [2.45, 2.75) is 46.7 Å². The largest absolute Gasteiger partial charge is 0.463 e. The summed E-state index contributed by atoms with van der Waals surface area (Å²) in [5.74, 6) is -0.507. The molecule has 2 aliphatic heterocycles. The molecular weight excluding hydrogens is 448 g/mol. The predicted octanol–water partition coefficient (Wildman–Crippen LogP) is 4.54. The molecule has 176 valence electrons. The SMILES string of the molecule is CCOC(=O)C1=C(C)N=C2SC=C(CC(=O)NCc3ccccn3)N2[C@@H]1c1cc(C)ccc1C. The van der Waals surface area contributed by atoms with Crippen LogP contribution in [0.5, 0.6) is 0 Å². The fourth-order valence-electron chi connectivity index (χ4n) is 4.11. The Balaban J connectivity index is 1.65. The summed E-state index contributed by atoms with van der Waals surface area (Å²) in [4.78, 5) is 36.9. The van der Waals surface area contributed by atoms with Crippen LogP contribution in [0, 0.1) is 13.8 Å². The van der Waals surface area contributed by atoms with Crippen LogP contribution in [-0.2, 0) is 20.9 Å². The summed E-state index contributed by atoms with van der Waals surface area (Å²) in [5.41, 5.74) is 5.87. The number of hydrogen-bond acceptors (Lipinski definition) is 7. The summed E-state index contributed by atoms with van der Waals surface area (Å²) < 4.78 is 5.42. The van der Waals surface area contributed by atoms with Crippen LogP contribution < -0.4 is 5.32 Å². The van der Waals surface area contributed by atoms with E-state index in [4.69, 9.17) is 9.73 Å². The lowest BCUT2D eigenvalue weighted by Gasteiger charge is -2.37. The number of carbonyl (C=O) groups excluding carboxylic acids is 2. The number of rotatable bonds is 7. The lowest BCUT2D eigenvalue weighted by Crippen LogP contribution is -2.38. The summed E-state index contributed by atoms with van der Waals surface area (Å²) >= 11 is 1.47. The molecule has 1 amide bonds. The molecule has 8 heteroatoms. The van der Waals surface area contributed by atoms with E-state index in [0.29, 0.717) is 17.8 Å². The number of amides is 1. The summed E-state index contributed by atoms with van der Waals surface area (Å²) in [7, 11) is 0. The Bertz CT molecular complexity index is 1200. The van der Waals surface area contributed by atoms with E-state index in [9.17, 15) is 9.59 Å². The number of nitrogens with zero attached hydrogens (tertiary/aromatic N) is 3. The van der Waals surface area contributed by atoms with E-state index < -0.39 is 6.04 Å². The van der Waals surface area contributed by atoms with Crippen LogP contribution in [0.4, 0.5) is 0 Å². The van der Waals surface area contributed by atoms with Gasteiger partial charge >= 0.3 is 5.97 Å². The smallest absolute Gasteiger partial charge is 0.338 e. The molecule has 4 rings (SSSR count). The van der Waals surface area contributed by atoms with E-state index in [1.807, 2.05) is 49.3 Å². The molecule has 34 heavy (non-hydrogen) atoms. The molecule has 0 aliphatic carbocycles.